The quantitative estimate of drug-likeness (QED) is 0.485. The lowest BCUT2D eigenvalue weighted by Crippen LogP contribution is -2.76. The smallest absolute Gasteiger partial charge is 0.248 e. The summed E-state index contributed by atoms with van der Waals surface area (Å²) in [6.45, 7) is 3.15. The summed E-state index contributed by atoms with van der Waals surface area (Å²) < 4.78 is 49.3. The number of nitrogens with one attached hydrogen (secondary N) is 1. The van der Waals surface area contributed by atoms with E-state index in [1.807, 2.05) is 13.8 Å². The summed E-state index contributed by atoms with van der Waals surface area (Å²) in [7, 11) is -3.22. The van der Waals surface area contributed by atoms with Gasteiger partial charge in [-0.25, -0.2) is 12.8 Å². The minimum absolute atomic E-state index is 0.0692. The maximum atomic E-state index is 14.4. The number of fused-ring (bicyclic) bond motifs is 1. The standard InChI is InChI=1S/C29H34ClFN4O6S/c1-17(2)33-16-26-34(42(39,40)25-14-21(31)11-12-24(25)41-3)15-22(32-27(36)19-5-4-6-19)28(37)35(26)23(29(33)38)13-18-7-9-20(30)10-8-18/h7-12,14,17,19,22-23,26H,4-6,13,15-16H2,1-3H3,(H,32,36). The van der Waals surface area contributed by atoms with E-state index in [0.29, 0.717) is 17.9 Å². The Kier molecular flexibility index (Phi) is 8.51. The van der Waals surface area contributed by atoms with Crippen molar-refractivity contribution in [2.24, 2.45) is 5.92 Å². The predicted molar refractivity (Wildman–Crippen MR) is 153 cm³/mol. The van der Waals surface area contributed by atoms with Gasteiger partial charge in [-0.05, 0) is 62.6 Å². The molecule has 2 aromatic rings. The summed E-state index contributed by atoms with van der Waals surface area (Å²) in [6.07, 6.45) is 1.26. The Hall–Kier alpha value is -3.22. The van der Waals surface area contributed by atoms with E-state index in [2.05, 4.69) is 5.32 Å². The molecular weight excluding hydrogens is 587 g/mol. The van der Waals surface area contributed by atoms with Crippen molar-refractivity contribution in [2.45, 2.75) is 68.7 Å². The molecule has 0 radical (unpaired) electrons. The van der Waals surface area contributed by atoms with Crippen molar-refractivity contribution in [1.82, 2.24) is 19.4 Å². The topological polar surface area (TPSA) is 116 Å². The lowest BCUT2D eigenvalue weighted by atomic mass is 9.84. The average molecular weight is 621 g/mol. The van der Waals surface area contributed by atoms with Gasteiger partial charge in [0.15, 0.2) is 0 Å². The third kappa shape index (κ3) is 5.59. The average Bonchev–Trinajstić information content (AvgIpc) is 2.91. The number of sulfonamides is 1. The van der Waals surface area contributed by atoms with Gasteiger partial charge in [0.25, 0.3) is 0 Å². The SMILES string of the molecule is COc1ccc(F)cc1S(=O)(=O)N1CC(NC(=O)C2CCC2)C(=O)N2C(Cc3ccc(Cl)cc3)C(=O)N(C(C)C)CC21. The van der Waals surface area contributed by atoms with Crippen LogP contribution < -0.4 is 10.1 Å². The van der Waals surface area contributed by atoms with Gasteiger partial charge in [0.05, 0.1) is 13.7 Å². The lowest BCUT2D eigenvalue weighted by molar-refractivity contribution is -0.169. The molecule has 0 spiro atoms. The number of ether oxygens (including phenoxy) is 1. The lowest BCUT2D eigenvalue weighted by Gasteiger charge is -2.54. The molecule has 2 saturated heterocycles. The first kappa shape index (κ1) is 30.2. The molecule has 10 nitrogen and oxygen atoms in total. The third-order valence-electron chi connectivity index (χ3n) is 8.30. The van der Waals surface area contributed by atoms with Crippen LogP contribution in [-0.4, -0.2) is 84.7 Å². The molecule has 226 valence electrons. The van der Waals surface area contributed by atoms with Crippen LogP contribution in [0.2, 0.25) is 5.02 Å². The number of carbonyl (C=O) groups is 3. The van der Waals surface area contributed by atoms with Gasteiger partial charge < -0.3 is 19.9 Å². The summed E-state index contributed by atoms with van der Waals surface area (Å²) in [4.78, 5) is 43.4. The first-order valence-corrected chi connectivity index (χ1v) is 15.8. The minimum atomic E-state index is -4.50. The van der Waals surface area contributed by atoms with Gasteiger partial charge in [-0.15, -0.1) is 0 Å². The maximum absolute atomic E-state index is 14.4. The number of piperazine rings is 1. The number of halogens is 2. The Morgan fingerprint density at radius 2 is 1.79 bits per heavy atom. The Bertz CT molecular complexity index is 1480. The van der Waals surface area contributed by atoms with Crippen LogP contribution >= 0.6 is 11.6 Å². The zero-order chi connectivity index (χ0) is 30.3. The highest BCUT2D eigenvalue weighted by Gasteiger charge is 2.54. The van der Waals surface area contributed by atoms with Crippen LogP contribution in [0, 0.1) is 11.7 Å². The van der Waals surface area contributed by atoms with E-state index in [9.17, 15) is 27.2 Å². The fraction of sp³-hybridized carbons (Fsp3) is 0.483. The molecule has 5 rings (SSSR count). The Balaban J connectivity index is 1.61. The summed E-state index contributed by atoms with van der Waals surface area (Å²) in [5, 5.41) is 3.26. The fourth-order valence-electron chi connectivity index (χ4n) is 5.76. The Labute approximate surface area is 249 Å². The van der Waals surface area contributed by atoms with Crippen molar-refractivity contribution in [2.75, 3.05) is 20.2 Å². The Morgan fingerprint density at radius 3 is 2.38 bits per heavy atom. The molecule has 3 fully saturated rings. The van der Waals surface area contributed by atoms with Gasteiger partial charge in [0.2, 0.25) is 27.7 Å². The molecular formula is C29H34ClFN4O6S. The molecule has 3 atom stereocenters. The van der Waals surface area contributed by atoms with E-state index in [1.165, 1.54) is 18.1 Å². The number of rotatable bonds is 8. The number of carbonyl (C=O) groups excluding carboxylic acids is 3. The number of nitrogens with zero attached hydrogens (tertiary/aromatic N) is 3. The summed E-state index contributed by atoms with van der Waals surface area (Å²) in [6, 6.07) is 7.42. The van der Waals surface area contributed by atoms with Crippen molar-refractivity contribution < 1.29 is 31.9 Å². The molecule has 3 aliphatic rings. The van der Waals surface area contributed by atoms with E-state index < -0.39 is 44.9 Å². The molecule has 2 aromatic carbocycles. The molecule has 3 amide bonds. The first-order chi connectivity index (χ1) is 19.9. The van der Waals surface area contributed by atoms with Crippen molar-refractivity contribution in [3.8, 4) is 5.75 Å². The van der Waals surface area contributed by atoms with Crippen LogP contribution in [0.5, 0.6) is 5.75 Å². The number of methoxy groups -OCH3 is 1. The number of benzene rings is 2. The van der Waals surface area contributed by atoms with Crippen LogP contribution in [0.15, 0.2) is 47.4 Å². The van der Waals surface area contributed by atoms with Crippen LogP contribution in [0.4, 0.5) is 4.39 Å². The second-order valence-corrected chi connectivity index (χ2v) is 13.5. The van der Waals surface area contributed by atoms with Gasteiger partial charge in [-0.2, -0.15) is 4.31 Å². The first-order valence-electron chi connectivity index (χ1n) is 13.9. The molecule has 2 heterocycles. The van der Waals surface area contributed by atoms with Gasteiger partial charge in [0, 0.05) is 29.9 Å². The van der Waals surface area contributed by atoms with Gasteiger partial charge >= 0.3 is 0 Å². The highest BCUT2D eigenvalue weighted by atomic mass is 35.5. The predicted octanol–water partition coefficient (Wildman–Crippen LogP) is 2.79. The largest absolute Gasteiger partial charge is 0.495 e. The maximum Gasteiger partial charge on any atom is 0.248 e. The monoisotopic (exact) mass is 620 g/mol. The van der Waals surface area contributed by atoms with Crippen LogP contribution in [0.3, 0.4) is 0 Å². The zero-order valence-electron chi connectivity index (χ0n) is 23.6. The number of hydrogen-bond acceptors (Lipinski definition) is 6. The van der Waals surface area contributed by atoms with E-state index in [-0.39, 0.29) is 49.0 Å². The van der Waals surface area contributed by atoms with Crippen LogP contribution in [0.1, 0.15) is 38.7 Å². The summed E-state index contributed by atoms with van der Waals surface area (Å²) >= 11 is 6.06. The van der Waals surface area contributed by atoms with Gasteiger partial charge in [-0.3, -0.25) is 14.4 Å². The molecule has 2 aliphatic heterocycles. The van der Waals surface area contributed by atoms with E-state index in [1.54, 1.807) is 29.2 Å². The fourth-order valence-corrected chi connectivity index (χ4v) is 7.64. The molecule has 3 unspecified atom stereocenters. The molecule has 1 aliphatic carbocycles. The highest BCUT2D eigenvalue weighted by molar-refractivity contribution is 7.89. The van der Waals surface area contributed by atoms with Crippen LogP contribution in [0.25, 0.3) is 0 Å². The van der Waals surface area contributed by atoms with Gasteiger partial charge in [0.1, 0.15) is 34.7 Å². The van der Waals surface area contributed by atoms with Crippen molar-refractivity contribution in [3.63, 3.8) is 0 Å². The summed E-state index contributed by atoms with van der Waals surface area (Å²) in [5.74, 6) is -2.32. The third-order valence-corrected chi connectivity index (χ3v) is 10.4. The Morgan fingerprint density at radius 1 is 1.10 bits per heavy atom. The molecule has 42 heavy (non-hydrogen) atoms. The summed E-state index contributed by atoms with van der Waals surface area (Å²) in [5.41, 5.74) is 0.719. The second-order valence-electron chi connectivity index (χ2n) is 11.2. The highest BCUT2D eigenvalue weighted by Crippen LogP contribution is 2.36. The molecule has 1 N–H and O–H groups in total. The van der Waals surface area contributed by atoms with E-state index in [0.717, 1.165) is 28.4 Å². The molecule has 1 saturated carbocycles. The van der Waals surface area contributed by atoms with E-state index >= 15 is 0 Å². The van der Waals surface area contributed by atoms with Crippen LogP contribution in [-0.2, 0) is 30.8 Å². The van der Waals surface area contributed by atoms with Crippen molar-refractivity contribution in [1.29, 1.82) is 0 Å². The van der Waals surface area contributed by atoms with Crippen molar-refractivity contribution >= 4 is 39.3 Å². The van der Waals surface area contributed by atoms with Gasteiger partial charge in [-0.1, -0.05) is 30.2 Å². The second kappa shape index (κ2) is 11.8. The zero-order valence-corrected chi connectivity index (χ0v) is 25.2. The minimum Gasteiger partial charge on any atom is -0.495 e. The normalized spacial score (nSPS) is 23.5. The molecule has 0 aromatic heterocycles. The number of amides is 3. The van der Waals surface area contributed by atoms with Crippen molar-refractivity contribution in [3.05, 3.63) is 58.9 Å². The molecule has 0 bridgehead atoms. The molecule has 13 heteroatoms. The van der Waals surface area contributed by atoms with E-state index in [4.69, 9.17) is 16.3 Å². The number of hydrogen-bond donors (Lipinski definition) is 1.